The molecule has 1 atom stereocenters. The van der Waals surface area contributed by atoms with Crippen molar-refractivity contribution >= 4 is 11.5 Å². The molecule has 1 saturated heterocycles. The van der Waals surface area contributed by atoms with Gasteiger partial charge in [-0.2, -0.15) is 18.4 Å². The number of allylic oxidation sites excluding steroid dienone is 2. The van der Waals surface area contributed by atoms with Crippen molar-refractivity contribution in [1.82, 2.24) is 4.98 Å². The molecule has 1 aromatic heterocycles. The van der Waals surface area contributed by atoms with Crippen molar-refractivity contribution < 1.29 is 36.6 Å². The third kappa shape index (κ3) is 4.49. The zero-order chi connectivity index (χ0) is 22.1. The summed E-state index contributed by atoms with van der Waals surface area (Å²) in [6, 6.07) is 1.67. The van der Waals surface area contributed by atoms with E-state index in [9.17, 15) is 37.1 Å². The molecular formula is C19H19F5N2O3. The summed E-state index contributed by atoms with van der Waals surface area (Å²) in [5, 5.41) is 19.1. The summed E-state index contributed by atoms with van der Waals surface area (Å²) in [5.74, 6) is -2.62. The second-order valence-corrected chi connectivity index (χ2v) is 7.17. The number of carboxylic acid groups (broad SMARTS) is 1. The van der Waals surface area contributed by atoms with Crippen LogP contribution in [0.2, 0.25) is 0 Å². The Kier molecular flexibility index (Phi) is 6.50. The van der Waals surface area contributed by atoms with E-state index in [2.05, 4.69) is 4.98 Å². The number of halogens is 5. The van der Waals surface area contributed by atoms with Gasteiger partial charge in [0, 0.05) is 11.5 Å². The molecule has 29 heavy (non-hydrogen) atoms. The van der Waals surface area contributed by atoms with Crippen molar-refractivity contribution in [2.24, 2.45) is 11.8 Å². The van der Waals surface area contributed by atoms with Gasteiger partial charge in [-0.3, -0.25) is 0 Å². The molecule has 0 aliphatic carbocycles. The van der Waals surface area contributed by atoms with Crippen molar-refractivity contribution in [2.45, 2.75) is 46.2 Å². The molecule has 1 aromatic rings. The molecule has 0 spiro atoms. The van der Waals surface area contributed by atoms with E-state index in [1.54, 1.807) is 26.8 Å². The zero-order valence-corrected chi connectivity index (χ0v) is 15.9. The number of nitriles is 1. The number of hydrogen-bond donors (Lipinski definition) is 1. The van der Waals surface area contributed by atoms with Gasteiger partial charge in [0.05, 0.1) is 17.7 Å². The molecule has 158 valence electrons. The smallest absolute Gasteiger partial charge is 0.434 e. The monoisotopic (exact) mass is 418 g/mol. The van der Waals surface area contributed by atoms with Gasteiger partial charge in [0.1, 0.15) is 17.5 Å². The lowest BCUT2D eigenvalue weighted by Crippen LogP contribution is -2.22. The molecule has 1 unspecified atom stereocenters. The van der Waals surface area contributed by atoms with E-state index in [-0.39, 0.29) is 30.6 Å². The maximum Gasteiger partial charge on any atom is 0.434 e. The van der Waals surface area contributed by atoms with Crippen LogP contribution >= 0.6 is 0 Å². The summed E-state index contributed by atoms with van der Waals surface area (Å²) in [6.45, 7) is 5.02. The van der Waals surface area contributed by atoms with E-state index in [1.807, 2.05) is 0 Å². The van der Waals surface area contributed by atoms with Crippen LogP contribution in [-0.4, -0.2) is 22.7 Å². The van der Waals surface area contributed by atoms with Crippen LogP contribution in [0.1, 0.15) is 66.5 Å². The fourth-order valence-electron chi connectivity index (χ4n) is 3.31. The molecule has 1 N–H and O–H groups in total. The van der Waals surface area contributed by atoms with Crippen LogP contribution in [0.15, 0.2) is 5.76 Å². The van der Waals surface area contributed by atoms with Gasteiger partial charge >= 0.3 is 12.1 Å². The average Bonchev–Trinajstić information content (AvgIpc) is 3.00. The van der Waals surface area contributed by atoms with Gasteiger partial charge in [-0.25, -0.2) is 18.6 Å². The van der Waals surface area contributed by atoms with Crippen molar-refractivity contribution in [3.05, 3.63) is 33.8 Å². The molecule has 0 amide bonds. The highest BCUT2D eigenvalue weighted by Gasteiger charge is 2.42. The fraction of sp³-hybridized carbons (Fsp3) is 0.526. The van der Waals surface area contributed by atoms with Gasteiger partial charge in [-0.1, -0.05) is 20.8 Å². The predicted octanol–water partition coefficient (Wildman–Crippen LogP) is 5.23. The molecule has 10 heteroatoms. The van der Waals surface area contributed by atoms with Crippen LogP contribution in [0.25, 0.3) is 5.57 Å². The molecule has 2 rings (SSSR count). The Morgan fingerprint density at radius 2 is 1.97 bits per heavy atom. The van der Waals surface area contributed by atoms with Gasteiger partial charge in [0.15, 0.2) is 5.69 Å². The lowest BCUT2D eigenvalue weighted by Gasteiger charge is -2.22. The van der Waals surface area contributed by atoms with Gasteiger partial charge < -0.3 is 9.84 Å². The summed E-state index contributed by atoms with van der Waals surface area (Å²) in [7, 11) is 0. The molecule has 5 nitrogen and oxygen atoms in total. The lowest BCUT2D eigenvalue weighted by molar-refractivity contribution is -0.141. The largest absolute Gasteiger partial charge is 0.496 e. The van der Waals surface area contributed by atoms with Crippen LogP contribution in [0.4, 0.5) is 22.0 Å². The van der Waals surface area contributed by atoms with Crippen LogP contribution in [0, 0.1) is 23.2 Å². The van der Waals surface area contributed by atoms with Crippen molar-refractivity contribution in [2.75, 3.05) is 6.61 Å². The van der Waals surface area contributed by atoms with Crippen molar-refractivity contribution in [1.29, 1.82) is 5.26 Å². The first-order chi connectivity index (χ1) is 13.4. The van der Waals surface area contributed by atoms with Crippen molar-refractivity contribution in [3.8, 4) is 6.07 Å². The quantitative estimate of drug-likeness (QED) is 0.523. The number of ether oxygens (including phenoxy) is 1. The minimum Gasteiger partial charge on any atom is -0.496 e. The number of carbonyl (C=O) groups is 1. The molecule has 1 aliphatic rings. The van der Waals surface area contributed by atoms with E-state index >= 15 is 0 Å². The summed E-state index contributed by atoms with van der Waals surface area (Å²) < 4.78 is 73.6. The van der Waals surface area contributed by atoms with E-state index in [1.165, 1.54) is 0 Å². The summed E-state index contributed by atoms with van der Waals surface area (Å²) in [5.41, 5.74) is -5.98. The van der Waals surface area contributed by atoms with Crippen molar-refractivity contribution in [3.63, 3.8) is 0 Å². The molecule has 1 aliphatic heterocycles. The Bertz CT molecular complexity index is 885. The first-order valence-electron chi connectivity index (χ1n) is 8.82. The predicted molar refractivity (Wildman–Crippen MR) is 92.0 cm³/mol. The molecular weight excluding hydrogens is 399 g/mol. The third-order valence-corrected chi connectivity index (χ3v) is 4.49. The second kappa shape index (κ2) is 8.35. The Balaban J connectivity index is 3.09. The number of aromatic carboxylic acids is 1. The lowest BCUT2D eigenvalue weighted by atomic mass is 9.86. The van der Waals surface area contributed by atoms with Crippen LogP contribution in [-0.2, 0) is 17.3 Å². The zero-order valence-electron chi connectivity index (χ0n) is 15.9. The number of carboxylic acids is 1. The summed E-state index contributed by atoms with van der Waals surface area (Å²) in [6.07, 6.45) is -8.54. The maximum absolute atomic E-state index is 13.8. The molecule has 0 aromatic carbocycles. The Hall–Kier alpha value is -2.70. The van der Waals surface area contributed by atoms with E-state index in [4.69, 9.17) is 4.74 Å². The number of nitrogens with zero attached hydrogens (tertiary/aromatic N) is 2. The van der Waals surface area contributed by atoms with Gasteiger partial charge in [0.25, 0.3) is 6.43 Å². The third-order valence-electron chi connectivity index (χ3n) is 4.49. The highest BCUT2D eigenvalue weighted by Crippen LogP contribution is 2.43. The molecule has 1 fully saturated rings. The molecule has 0 saturated carbocycles. The first-order valence-corrected chi connectivity index (χ1v) is 8.82. The van der Waals surface area contributed by atoms with Crippen LogP contribution < -0.4 is 0 Å². The van der Waals surface area contributed by atoms with Gasteiger partial charge in [-0.05, 0) is 24.3 Å². The number of alkyl halides is 5. The van der Waals surface area contributed by atoms with Gasteiger partial charge in [0.2, 0.25) is 0 Å². The SMILES string of the molecule is CC(C)Cc1c(C(=O)O)c(C(F)F)nc(C(F)(F)F)c1/C(C#N)=C1\OCCC1C. The molecule has 2 heterocycles. The standard InChI is InChI=1S/C19H19F5N2O3/c1-8(2)6-10-12(11(7-25)15-9(3)4-5-29-15)16(19(22,23)24)26-14(17(20)21)13(10)18(27)28/h8-9,17H,4-6H2,1-3H3,(H,27,28)/b15-11-. The van der Waals surface area contributed by atoms with E-state index < -0.39 is 52.2 Å². The maximum atomic E-state index is 13.8. The minimum atomic E-state index is -5.19. The second-order valence-electron chi connectivity index (χ2n) is 7.17. The number of hydrogen-bond acceptors (Lipinski definition) is 4. The average molecular weight is 418 g/mol. The van der Waals surface area contributed by atoms with Crippen LogP contribution in [0.3, 0.4) is 0 Å². The van der Waals surface area contributed by atoms with E-state index in [0.717, 1.165) is 0 Å². The Labute approximate surface area is 163 Å². The number of pyridine rings is 1. The van der Waals surface area contributed by atoms with Gasteiger partial charge in [-0.15, -0.1) is 0 Å². The molecule has 0 bridgehead atoms. The number of rotatable bonds is 5. The summed E-state index contributed by atoms with van der Waals surface area (Å²) >= 11 is 0. The molecule has 0 radical (unpaired) electrons. The Morgan fingerprint density at radius 1 is 1.34 bits per heavy atom. The fourth-order valence-corrected chi connectivity index (χ4v) is 3.31. The first kappa shape index (κ1) is 22.6. The van der Waals surface area contributed by atoms with E-state index in [0.29, 0.717) is 6.42 Å². The highest BCUT2D eigenvalue weighted by molar-refractivity contribution is 5.94. The topological polar surface area (TPSA) is 83.2 Å². The highest BCUT2D eigenvalue weighted by atomic mass is 19.4. The summed E-state index contributed by atoms with van der Waals surface area (Å²) in [4.78, 5) is 14.8. The number of aromatic nitrogens is 1. The Morgan fingerprint density at radius 3 is 2.34 bits per heavy atom. The van der Waals surface area contributed by atoms with Crippen LogP contribution in [0.5, 0.6) is 0 Å². The normalized spacial score (nSPS) is 18.7. The minimum absolute atomic E-state index is 0.0223.